The average Bonchev–Trinajstić information content (AvgIpc) is 3.19. The first-order chi connectivity index (χ1) is 15.1. The third-order valence-corrected chi connectivity index (χ3v) is 6.22. The van der Waals surface area contributed by atoms with Crippen molar-refractivity contribution < 1.29 is 14.4 Å². The lowest BCUT2D eigenvalue weighted by Gasteiger charge is -2.33. The number of hydrogen-bond acceptors (Lipinski definition) is 3. The number of carbonyl (C=O) groups is 3. The lowest BCUT2D eigenvalue weighted by atomic mass is 9.95. The topological polar surface area (TPSA) is 69.7 Å². The van der Waals surface area contributed by atoms with Crippen molar-refractivity contribution in [2.45, 2.75) is 25.7 Å². The molecule has 31 heavy (non-hydrogen) atoms. The summed E-state index contributed by atoms with van der Waals surface area (Å²) in [5.74, 6) is -0.517. The minimum atomic E-state index is -0.306. The Labute approximate surface area is 183 Å². The van der Waals surface area contributed by atoms with Crippen LogP contribution in [0.25, 0.3) is 0 Å². The van der Waals surface area contributed by atoms with Crippen molar-refractivity contribution in [3.05, 3.63) is 66.2 Å². The summed E-state index contributed by atoms with van der Waals surface area (Å²) in [6.07, 6.45) is 2.64. The molecule has 3 amide bonds. The van der Waals surface area contributed by atoms with Gasteiger partial charge in [-0.2, -0.15) is 0 Å². The summed E-state index contributed by atoms with van der Waals surface area (Å²) in [5, 5.41) is 2.95. The van der Waals surface area contributed by atoms with Crippen molar-refractivity contribution in [2.24, 2.45) is 11.8 Å². The van der Waals surface area contributed by atoms with Gasteiger partial charge in [-0.15, -0.1) is 0 Å². The zero-order chi connectivity index (χ0) is 21.6. The van der Waals surface area contributed by atoms with Gasteiger partial charge in [-0.3, -0.25) is 14.4 Å². The summed E-state index contributed by atoms with van der Waals surface area (Å²) in [6, 6.07) is 19.5. The van der Waals surface area contributed by atoms with Gasteiger partial charge in [0.05, 0.1) is 11.8 Å². The van der Waals surface area contributed by atoms with Crippen LogP contribution in [0.15, 0.2) is 60.7 Å². The third kappa shape index (κ3) is 5.32. The van der Waals surface area contributed by atoms with Gasteiger partial charge in [0.15, 0.2) is 0 Å². The molecule has 2 aromatic carbocycles. The molecule has 6 heteroatoms. The van der Waals surface area contributed by atoms with Gasteiger partial charge in [0.2, 0.25) is 17.7 Å². The fourth-order valence-electron chi connectivity index (χ4n) is 4.48. The van der Waals surface area contributed by atoms with Crippen LogP contribution in [-0.4, -0.2) is 53.7 Å². The number of piperidine rings is 1. The quantitative estimate of drug-likeness (QED) is 0.783. The van der Waals surface area contributed by atoms with Crippen LogP contribution in [-0.2, 0) is 20.8 Å². The largest absolute Gasteiger partial charge is 0.342 e. The van der Waals surface area contributed by atoms with Crippen LogP contribution >= 0.6 is 0 Å². The van der Waals surface area contributed by atoms with Crippen molar-refractivity contribution in [2.75, 3.05) is 31.5 Å². The molecule has 1 N–H and O–H groups in total. The molecular formula is C25H29N3O3. The molecule has 2 aliphatic rings. The molecule has 0 spiro atoms. The van der Waals surface area contributed by atoms with Gasteiger partial charge in [-0.25, -0.2) is 0 Å². The van der Waals surface area contributed by atoms with Crippen LogP contribution in [0.4, 0.5) is 5.69 Å². The van der Waals surface area contributed by atoms with Gasteiger partial charge in [0.25, 0.3) is 0 Å². The highest BCUT2D eigenvalue weighted by atomic mass is 16.2. The molecule has 2 atom stereocenters. The number of nitrogens with one attached hydrogen (secondary N) is 1. The Morgan fingerprint density at radius 2 is 1.65 bits per heavy atom. The minimum absolute atomic E-state index is 0.00720. The van der Waals surface area contributed by atoms with Crippen molar-refractivity contribution in [3.8, 4) is 0 Å². The Balaban J connectivity index is 1.30. The second-order valence-electron chi connectivity index (χ2n) is 8.46. The van der Waals surface area contributed by atoms with Crippen LogP contribution < -0.4 is 5.32 Å². The normalized spacial score (nSPS) is 21.2. The van der Waals surface area contributed by atoms with E-state index < -0.39 is 0 Å². The number of anilines is 1. The molecule has 2 aliphatic heterocycles. The van der Waals surface area contributed by atoms with Crippen LogP contribution in [0.5, 0.6) is 0 Å². The molecule has 2 unspecified atom stereocenters. The van der Waals surface area contributed by atoms with Gasteiger partial charge in [0.1, 0.15) is 0 Å². The highest BCUT2D eigenvalue weighted by Crippen LogP contribution is 2.25. The number of benzene rings is 2. The highest BCUT2D eigenvalue weighted by molar-refractivity contribution is 5.94. The fraction of sp³-hybridized carbons (Fsp3) is 0.400. The Morgan fingerprint density at radius 3 is 2.39 bits per heavy atom. The molecule has 0 aliphatic carbocycles. The Morgan fingerprint density at radius 1 is 0.935 bits per heavy atom. The zero-order valence-corrected chi connectivity index (χ0v) is 17.7. The molecule has 0 aromatic heterocycles. The van der Waals surface area contributed by atoms with E-state index in [0.717, 1.165) is 24.9 Å². The summed E-state index contributed by atoms with van der Waals surface area (Å²) in [5.41, 5.74) is 1.96. The molecule has 0 bridgehead atoms. The summed E-state index contributed by atoms with van der Waals surface area (Å²) >= 11 is 0. The summed E-state index contributed by atoms with van der Waals surface area (Å²) in [6.45, 7) is 2.19. The Hall–Kier alpha value is -3.15. The van der Waals surface area contributed by atoms with Gasteiger partial charge in [0, 0.05) is 38.3 Å². The van der Waals surface area contributed by atoms with Crippen LogP contribution in [0.3, 0.4) is 0 Å². The van der Waals surface area contributed by atoms with Gasteiger partial charge in [-0.05, 0) is 37.0 Å². The van der Waals surface area contributed by atoms with E-state index in [1.807, 2.05) is 48.5 Å². The number of nitrogens with zero attached hydrogens (tertiary/aromatic N) is 2. The molecule has 162 valence electrons. The van der Waals surface area contributed by atoms with E-state index in [0.29, 0.717) is 26.2 Å². The first-order valence-corrected chi connectivity index (χ1v) is 11.1. The van der Waals surface area contributed by atoms with E-state index >= 15 is 0 Å². The minimum Gasteiger partial charge on any atom is -0.342 e. The second kappa shape index (κ2) is 9.77. The maximum Gasteiger partial charge on any atom is 0.229 e. The molecule has 4 rings (SSSR count). The number of amides is 3. The smallest absolute Gasteiger partial charge is 0.229 e. The van der Waals surface area contributed by atoms with E-state index in [-0.39, 0.29) is 36.0 Å². The van der Waals surface area contributed by atoms with E-state index in [1.54, 1.807) is 9.80 Å². The zero-order valence-electron chi connectivity index (χ0n) is 17.7. The van der Waals surface area contributed by atoms with Crippen molar-refractivity contribution in [3.63, 3.8) is 0 Å². The first kappa shape index (κ1) is 21.1. The van der Waals surface area contributed by atoms with E-state index in [4.69, 9.17) is 0 Å². The van der Waals surface area contributed by atoms with E-state index in [1.165, 1.54) is 5.56 Å². The standard InChI is InChI=1S/C25H29N3O3/c29-23-16-21(18-27(23)15-13-19-8-3-1-4-9-19)25(31)28-14-7-10-20(17-28)24(30)26-22-11-5-2-6-12-22/h1-6,8-9,11-12,20-21H,7,10,13-18H2,(H,26,30). The van der Waals surface area contributed by atoms with Gasteiger partial charge >= 0.3 is 0 Å². The van der Waals surface area contributed by atoms with Gasteiger partial charge < -0.3 is 15.1 Å². The third-order valence-electron chi connectivity index (χ3n) is 6.22. The predicted molar refractivity (Wildman–Crippen MR) is 119 cm³/mol. The van der Waals surface area contributed by atoms with Crippen molar-refractivity contribution >= 4 is 23.4 Å². The molecule has 0 radical (unpaired) electrons. The first-order valence-electron chi connectivity index (χ1n) is 11.1. The highest BCUT2D eigenvalue weighted by Gasteiger charge is 2.38. The van der Waals surface area contributed by atoms with E-state index in [9.17, 15) is 14.4 Å². The lowest BCUT2D eigenvalue weighted by Crippen LogP contribution is -2.46. The Bertz CT molecular complexity index is 916. The number of likely N-dealkylation sites (tertiary alicyclic amines) is 2. The number of carbonyl (C=O) groups excluding carboxylic acids is 3. The molecular weight excluding hydrogens is 390 g/mol. The van der Waals surface area contributed by atoms with Crippen LogP contribution in [0, 0.1) is 11.8 Å². The van der Waals surface area contributed by atoms with E-state index in [2.05, 4.69) is 17.4 Å². The average molecular weight is 420 g/mol. The summed E-state index contributed by atoms with van der Waals surface area (Å²) < 4.78 is 0. The molecule has 2 heterocycles. The second-order valence-corrected chi connectivity index (χ2v) is 8.46. The maximum atomic E-state index is 13.1. The molecule has 2 fully saturated rings. The predicted octanol–water partition coefficient (Wildman–Crippen LogP) is 2.95. The van der Waals surface area contributed by atoms with Crippen molar-refractivity contribution in [1.82, 2.24) is 9.80 Å². The summed E-state index contributed by atoms with van der Waals surface area (Å²) in [4.78, 5) is 41.8. The molecule has 2 aromatic rings. The molecule has 6 nitrogen and oxygen atoms in total. The van der Waals surface area contributed by atoms with Crippen LogP contribution in [0.2, 0.25) is 0 Å². The number of hydrogen-bond donors (Lipinski definition) is 1. The molecule has 2 saturated heterocycles. The fourth-order valence-corrected chi connectivity index (χ4v) is 4.48. The number of rotatable bonds is 6. The Kier molecular flexibility index (Phi) is 6.65. The monoisotopic (exact) mass is 419 g/mol. The van der Waals surface area contributed by atoms with Gasteiger partial charge in [-0.1, -0.05) is 48.5 Å². The van der Waals surface area contributed by atoms with Crippen LogP contribution in [0.1, 0.15) is 24.8 Å². The maximum absolute atomic E-state index is 13.1. The molecule has 0 saturated carbocycles. The lowest BCUT2D eigenvalue weighted by molar-refractivity contribution is -0.138. The SMILES string of the molecule is O=C(Nc1ccccc1)C1CCCN(C(=O)C2CC(=O)N(CCc3ccccc3)C2)C1. The van der Waals surface area contributed by atoms with Crippen molar-refractivity contribution in [1.29, 1.82) is 0 Å². The number of para-hydroxylation sites is 1. The summed E-state index contributed by atoms with van der Waals surface area (Å²) in [7, 11) is 0.